The van der Waals surface area contributed by atoms with E-state index in [0.717, 1.165) is 23.9 Å². The molecule has 0 unspecified atom stereocenters. The number of nitrogens with one attached hydrogen (secondary N) is 1. The van der Waals surface area contributed by atoms with Gasteiger partial charge >= 0.3 is 0 Å². The van der Waals surface area contributed by atoms with E-state index >= 15 is 0 Å². The molecule has 1 fully saturated rings. The number of hydrogen-bond acceptors (Lipinski definition) is 2. The van der Waals surface area contributed by atoms with Crippen LogP contribution in [0.15, 0.2) is 29.3 Å². The number of thioether (sulfide) groups is 1. The highest BCUT2D eigenvalue weighted by atomic mass is 32.2. The number of rotatable bonds is 5. The van der Waals surface area contributed by atoms with Gasteiger partial charge in [0.15, 0.2) is 5.17 Å². The maximum atomic E-state index is 4.72. The van der Waals surface area contributed by atoms with Crippen LogP contribution in [0.5, 0.6) is 0 Å². The van der Waals surface area contributed by atoms with Gasteiger partial charge in [0, 0.05) is 17.8 Å². The Hall–Kier alpha value is -0.960. The molecule has 1 aromatic rings. The fourth-order valence-corrected chi connectivity index (χ4v) is 3.75. The summed E-state index contributed by atoms with van der Waals surface area (Å²) >= 11 is 1.88. The molecule has 1 aliphatic rings. The first-order chi connectivity index (χ1) is 9.19. The van der Waals surface area contributed by atoms with Crippen LogP contribution in [0, 0.1) is 6.92 Å². The third-order valence-corrected chi connectivity index (χ3v) is 5.31. The summed E-state index contributed by atoms with van der Waals surface area (Å²) in [7, 11) is 0. The van der Waals surface area contributed by atoms with Crippen molar-refractivity contribution in [2.24, 2.45) is 4.99 Å². The lowest BCUT2D eigenvalue weighted by Gasteiger charge is -2.25. The van der Waals surface area contributed by atoms with Crippen molar-refractivity contribution in [3.8, 4) is 0 Å². The predicted molar refractivity (Wildman–Crippen MR) is 86.1 cm³/mol. The van der Waals surface area contributed by atoms with Crippen molar-refractivity contribution < 1.29 is 0 Å². The average molecular weight is 276 g/mol. The second-order valence-electron chi connectivity index (χ2n) is 5.26. The third kappa shape index (κ3) is 3.53. The molecular formula is C16H24N2S. The van der Waals surface area contributed by atoms with E-state index in [4.69, 9.17) is 4.99 Å². The molecule has 0 atom stereocenters. The highest BCUT2D eigenvalue weighted by Gasteiger charge is 2.33. The lowest BCUT2D eigenvalue weighted by atomic mass is 9.96. The summed E-state index contributed by atoms with van der Waals surface area (Å²) in [6.07, 6.45) is 3.38. The van der Waals surface area contributed by atoms with Crippen LogP contribution < -0.4 is 5.32 Å². The topological polar surface area (TPSA) is 24.4 Å². The summed E-state index contributed by atoms with van der Waals surface area (Å²) in [5.74, 6) is 1.16. The molecule has 19 heavy (non-hydrogen) atoms. The quantitative estimate of drug-likeness (QED) is 0.885. The highest BCUT2D eigenvalue weighted by molar-refractivity contribution is 8.14. The van der Waals surface area contributed by atoms with Gasteiger partial charge in [-0.15, -0.1) is 0 Å². The number of amidine groups is 1. The van der Waals surface area contributed by atoms with Gasteiger partial charge in [0.1, 0.15) is 0 Å². The minimum atomic E-state index is 0.284. The molecule has 0 saturated carbocycles. The van der Waals surface area contributed by atoms with Crippen molar-refractivity contribution in [1.29, 1.82) is 0 Å². The van der Waals surface area contributed by atoms with Gasteiger partial charge in [-0.2, -0.15) is 0 Å². The van der Waals surface area contributed by atoms with Gasteiger partial charge in [-0.25, -0.2) is 0 Å². The summed E-state index contributed by atoms with van der Waals surface area (Å²) in [5, 5.41) is 4.75. The normalized spacial score (nSPS) is 19.6. The van der Waals surface area contributed by atoms with E-state index in [1.165, 1.54) is 24.0 Å². The summed E-state index contributed by atoms with van der Waals surface area (Å²) in [4.78, 5) is 4.72. The van der Waals surface area contributed by atoms with Crippen molar-refractivity contribution in [3.63, 3.8) is 0 Å². The summed E-state index contributed by atoms with van der Waals surface area (Å²) in [6.45, 7) is 7.56. The molecule has 0 amide bonds. The minimum absolute atomic E-state index is 0.284. The molecule has 2 rings (SSSR count). The molecule has 0 radical (unpaired) electrons. The molecule has 3 heteroatoms. The van der Waals surface area contributed by atoms with E-state index in [1.54, 1.807) is 0 Å². The SMILES string of the molecule is CCC1(CC)CSC(=NCCc2ccccc2C)N1. The Morgan fingerprint density at radius 1 is 1.26 bits per heavy atom. The maximum Gasteiger partial charge on any atom is 0.157 e. The van der Waals surface area contributed by atoms with Crippen LogP contribution in [0.3, 0.4) is 0 Å². The second kappa shape index (κ2) is 6.47. The monoisotopic (exact) mass is 276 g/mol. The van der Waals surface area contributed by atoms with Gasteiger partial charge < -0.3 is 5.32 Å². The van der Waals surface area contributed by atoms with Crippen molar-refractivity contribution in [2.45, 2.75) is 45.6 Å². The lowest BCUT2D eigenvalue weighted by Crippen LogP contribution is -2.42. The minimum Gasteiger partial charge on any atom is -0.359 e. The molecule has 104 valence electrons. The molecular weight excluding hydrogens is 252 g/mol. The first-order valence-corrected chi connectivity index (χ1v) is 8.17. The van der Waals surface area contributed by atoms with Crippen LogP contribution in [-0.4, -0.2) is 23.0 Å². The smallest absolute Gasteiger partial charge is 0.157 e. The van der Waals surface area contributed by atoms with Gasteiger partial charge in [-0.3, -0.25) is 4.99 Å². The van der Waals surface area contributed by atoms with Gasteiger partial charge in [0.25, 0.3) is 0 Å². The standard InChI is InChI=1S/C16H24N2S/c1-4-16(5-2)12-19-15(18-16)17-11-10-14-9-7-6-8-13(14)3/h6-9H,4-5,10-12H2,1-3H3,(H,17,18). The summed E-state index contributed by atoms with van der Waals surface area (Å²) < 4.78 is 0. The van der Waals surface area contributed by atoms with Crippen LogP contribution in [0.1, 0.15) is 37.8 Å². The Bertz CT molecular complexity index is 450. The Morgan fingerprint density at radius 2 is 2.00 bits per heavy atom. The zero-order valence-electron chi connectivity index (χ0n) is 12.2. The van der Waals surface area contributed by atoms with Gasteiger partial charge in [-0.1, -0.05) is 49.9 Å². The molecule has 1 heterocycles. The number of hydrogen-bond donors (Lipinski definition) is 1. The first kappa shape index (κ1) is 14.4. The van der Waals surface area contributed by atoms with E-state index in [1.807, 2.05) is 11.8 Å². The van der Waals surface area contributed by atoms with Crippen molar-refractivity contribution in [3.05, 3.63) is 35.4 Å². The number of benzene rings is 1. The second-order valence-corrected chi connectivity index (χ2v) is 6.23. The Morgan fingerprint density at radius 3 is 2.63 bits per heavy atom. The van der Waals surface area contributed by atoms with E-state index in [2.05, 4.69) is 50.4 Å². The van der Waals surface area contributed by atoms with Crippen LogP contribution in [0.25, 0.3) is 0 Å². The Kier molecular flexibility index (Phi) is 4.92. The van der Waals surface area contributed by atoms with Crippen LogP contribution >= 0.6 is 11.8 Å². The number of nitrogens with zero attached hydrogens (tertiary/aromatic N) is 1. The van der Waals surface area contributed by atoms with Crippen molar-refractivity contribution >= 4 is 16.9 Å². The zero-order valence-corrected chi connectivity index (χ0v) is 13.0. The largest absolute Gasteiger partial charge is 0.359 e. The molecule has 1 aliphatic heterocycles. The maximum absolute atomic E-state index is 4.72. The van der Waals surface area contributed by atoms with E-state index in [-0.39, 0.29) is 5.54 Å². The number of aryl methyl sites for hydroxylation is 1. The first-order valence-electron chi connectivity index (χ1n) is 7.19. The molecule has 0 aliphatic carbocycles. The van der Waals surface area contributed by atoms with Crippen molar-refractivity contribution in [2.75, 3.05) is 12.3 Å². The van der Waals surface area contributed by atoms with Gasteiger partial charge in [0.05, 0.1) is 0 Å². The van der Waals surface area contributed by atoms with E-state index in [9.17, 15) is 0 Å². The van der Waals surface area contributed by atoms with Crippen molar-refractivity contribution in [1.82, 2.24) is 5.32 Å². The highest BCUT2D eigenvalue weighted by Crippen LogP contribution is 2.28. The Labute approximate surface area is 121 Å². The molecule has 0 bridgehead atoms. The molecule has 2 nitrogen and oxygen atoms in total. The Balaban J connectivity index is 1.89. The average Bonchev–Trinajstić information content (AvgIpc) is 2.85. The molecule has 1 aromatic carbocycles. The molecule has 0 aromatic heterocycles. The molecule has 1 saturated heterocycles. The predicted octanol–water partition coefficient (Wildman–Crippen LogP) is 3.79. The van der Waals surface area contributed by atoms with Crippen LogP contribution in [0.2, 0.25) is 0 Å². The van der Waals surface area contributed by atoms with Crippen LogP contribution in [-0.2, 0) is 6.42 Å². The summed E-state index contributed by atoms with van der Waals surface area (Å²) in [5.41, 5.74) is 3.06. The third-order valence-electron chi connectivity index (χ3n) is 4.11. The summed E-state index contributed by atoms with van der Waals surface area (Å²) in [6, 6.07) is 8.57. The zero-order chi connectivity index (χ0) is 13.7. The fourth-order valence-electron chi connectivity index (χ4n) is 2.39. The number of aliphatic imine (C=N–C) groups is 1. The van der Waals surface area contributed by atoms with E-state index < -0.39 is 0 Å². The van der Waals surface area contributed by atoms with Gasteiger partial charge in [-0.05, 0) is 37.3 Å². The molecule has 1 N–H and O–H groups in total. The molecule has 0 spiro atoms. The lowest BCUT2D eigenvalue weighted by molar-refractivity contribution is 0.407. The van der Waals surface area contributed by atoms with Gasteiger partial charge in [0.2, 0.25) is 0 Å². The van der Waals surface area contributed by atoms with E-state index in [0.29, 0.717) is 0 Å². The van der Waals surface area contributed by atoms with Crippen LogP contribution in [0.4, 0.5) is 0 Å². The fraction of sp³-hybridized carbons (Fsp3) is 0.562.